The number of nitrogens with zero attached hydrogens (tertiary/aromatic N) is 6. The van der Waals surface area contributed by atoms with Gasteiger partial charge in [-0.05, 0) is 38.0 Å². The molecule has 32 heavy (non-hydrogen) atoms. The Morgan fingerprint density at radius 1 is 1.22 bits per heavy atom. The Morgan fingerprint density at radius 2 is 2.06 bits per heavy atom. The fraction of sp³-hybridized carbons (Fsp3) is 0.217. The van der Waals surface area contributed by atoms with Gasteiger partial charge in [-0.2, -0.15) is 5.10 Å². The molecule has 1 aliphatic heterocycles. The second kappa shape index (κ2) is 7.60. The number of amides is 1. The van der Waals surface area contributed by atoms with E-state index in [0.29, 0.717) is 46.6 Å². The van der Waals surface area contributed by atoms with Crippen molar-refractivity contribution in [2.75, 3.05) is 5.32 Å². The van der Waals surface area contributed by atoms with Crippen LogP contribution in [0.5, 0.6) is 0 Å². The molecule has 1 atom stereocenters. The highest BCUT2D eigenvalue weighted by atomic mass is 19.1. The topological polar surface area (TPSA) is 98.5 Å². The lowest BCUT2D eigenvalue weighted by atomic mass is 9.83. The van der Waals surface area contributed by atoms with Gasteiger partial charge in [0.15, 0.2) is 11.5 Å². The lowest BCUT2D eigenvalue weighted by Crippen LogP contribution is -2.31. The minimum absolute atomic E-state index is 0.162. The van der Waals surface area contributed by atoms with Gasteiger partial charge in [-0.25, -0.2) is 19.0 Å². The number of benzene rings is 1. The van der Waals surface area contributed by atoms with Crippen molar-refractivity contribution < 1.29 is 9.18 Å². The molecular formula is C23H20FN7O. The van der Waals surface area contributed by atoms with E-state index in [4.69, 9.17) is 0 Å². The maximum atomic E-state index is 14.2. The molecule has 1 N–H and O–H groups in total. The summed E-state index contributed by atoms with van der Waals surface area (Å²) < 4.78 is 15.8. The summed E-state index contributed by atoms with van der Waals surface area (Å²) >= 11 is 0. The Labute approximate surface area is 183 Å². The normalized spacial score (nSPS) is 17.4. The largest absolute Gasteiger partial charge is 0.308 e. The lowest BCUT2D eigenvalue weighted by Gasteiger charge is -2.18. The van der Waals surface area contributed by atoms with Crippen molar-refractivity contribution >= 4 is 22.8 Å². The zero-order valence-corrected chi connectivity index (χ0v) is 17.4. The SMILES string of the molecule is C=CCCC1(C)C(=O)Nc2nc(-c3nn(Cc4ccccc4F)c4ncccc34)nnc21. The highest BCUT2D eigenvalue weighted by Crippen LogP contribution is 2.39. The maximum Gasteiger partial charge on any atom is 0.237 e. The van der Waals surface area contributed by atoms with E-state index >= 15 is 0 Å². The van der Waals surface area contributed by atoms with Crippen LogP contribution in [0.25, 0.3) is 22.6 Å². The van der Waals surface area contributed by atoms with Gasteiger partial charge in [-0.1, -0.05) is 24.3 Å². The van der Waals surface area contributed by atoms with Crippen molar-refractivity contribution in [3.63, 3.8) is 0 Å². The molecule has 3 aromatic heterocycles. The summed E-state index contributed by atoms with van der Waals surface area (Å²) in [5.74, 6) is 0.171. The van der Waals surface area contributed by atoms with Gasteiger partial charge in [-0.15, -0.1) is 16.8 Å². The first-order chi connectivity index (χ1) is 15.5. The number of rotatable bonds is 6. The van der Waals surface area contributed by atoms with Crippen LogP contribution in [0.3, 0.4) is 0 Å². The number of allylic oxidation sites excluding steroid dienone is 1. The smallest absolute Gasteiger partial charge is 0.237 e. The molecule has 0 bridgehead atoms. The molecule has 0 fully saturated rings. The van der Waals surface area contributed by atoms with Crippen LogP contribution in [0.2, 0.25) is 0 Å². The molecule has 0 saturated heterocycles. The summed E-state index contributed by atoms with van der Waals surface area (Å²) in [5, 5.41) is 16.8. The first-order valence-electron chi connectivity index (χ1n) is 10.2. The van der Waals surface area contributed by atoms with Crippen molar-refractivity contribution in [2.45, 2.75) is 31.7 Å². The highest BCUT2D eigenvalue weighted by molar-refractivity contribution is 6.04. The van der Waals surface area contributed by atoms with Gasteiger partial charge in [-0.3, -0.25) is 4.79 Å². The number of fused-ring (bicyclic) bond motifs is 2. The van der Waals surface area contributed by atoms with Crippen molar-refractivity contribution in [1.29, 1.82) is 0 Å². The Kier molecular flexibility index (Phi) is 4.73. The third-order valence-corrected chi connectivity index (χ3v) is 5.79. The van der Waals surface area contributed by atoms with E-state index in [0.717, 1.165) is 0 Å². The summed E-state index contributed by atoms with van der Waals surface area (Å²) in [6, 6.07) is 10.2. The molecule has 0 saturated carbocycles. The van der Waals surface area contributed by atoms with Crippen molar-refractivity contribution in [1.82, 2.24) is 29.9 Å². The zero-order chi connectivity index (χ0) is 22.3. The van der Waals surface area contributed by atoms with Crippen LogP contribution in [0, 0.1) is 5.82 Å². The van der Waals surface area contributed by atoms with Gasteiger partial charge in [0, 0.05) is 11.8 Å². The third-order valence-electron chi connectivity index (χ3n) is 5.79. The number of pyridine rings is 1. The molecule has 0 radical (unpaired) electrons. The monoisotopic (exact) mass is 429 g/mol. The summed E-state index contributed by atoms with van der Waals surface area (Å²) in [7, 11) is 0. The lowest BCUT2D eigenvalue weighted by molar-refractivity contribution is -0.120. The first kappa shape index (κ1) is 19.9. The fourth-order valence-corrected chi connectivity index (χ4v) is 3.93. The Bertz CT molecular complexity index is 1370. The maximum absolute atomic E-state index is 14.2. The summed E-state index contributed by atoms with van der Waals surface area (Å²) in [5.41, 5.74) is 1.24. The van der Waals surface area contributed by atoms with E-state index in [1.165, 1.54) is 6.07 Å². The average molecular weight is 429 g/mol. The Balaban J connectivity index is 1.58. The first-order valence-corrected chi connectivity index (χ1v) is 10.2. The van der Waals surface area contributed by atoms with Gasteiger partial charge < -0.3 is 5.32 Å². The average Bonchev–Trinajstić information content (AvgIpc) is 3.29. The summed E-state index contributed by atoms with van der Waals surface area (Å²) in [6.07, 6.45) is 4.66. The number of nitrogens with one attached hydrogen (secondary N) is 1. The quantitative estimate of drug-likeness (QED) is 0.470. The van der Waals surface area contributed by atoms with Gasteiger partial charge in [0.25, 0.3) is 0 Å². The highest BCUT2D eigenvalue weighted by Gasteiger charge is 2.45. The summed E-state index contributed by atoms with van der Waals surface area (Å²) in [6.45, 7) is 5.76. The second-order valence-electron chi connectivity index (χ2n) is 7.92. The number of carbonyl (C=O) groups excluding carboxylic acids is 1. The van der Waals surface area contributed by atoms with Gasteiger partial charge in [0.1, 0.15) is 17.2 Å². The van der Waals surface area contributed by atoms with E-state index in [-0.39, 0.29) is 24.1 Å². The van der Waals surface area contributed by atoms with Crippen LogP contribution in [-0.2, 0) is 16.8 Å². The van der Waals surface area contributed by atoms with Crippen LogP contribution >= 0.6 is 0 Å². The standard InChI is InChI=1S/C23H20FN7O/c1-3-4-11-23(2)18-20(27-22(23)32)26-19(29-28-18)17-15-9-7-12-25-21(15)31(30-17)13-14-8-5-6-10-16(14)24/h3,5-10,12H,1,4,11,13H2,2H3,(H,26,27,29,32). The number of anilines is 1. The number of hydrogen-bond donors (Lipinski definition) is 1. The molecule has 160 valence electrons. The number of hydrogen-bond acceptors (Lipinski definition) is 6. The van der Waals surface area contributed by atoms with Crippen LogP contribution in [0.1, 0.15) is 31.0 Å². The van der Waals surface area contributed by atoms with E-state index in [2.05, 4.69) is 37.2 Å². The molecule has 1 amide bonds. The molecule has 0 aliphatic carbocycles. The van der Waals surface area contributed by atoms with E-state index in [1.807, 2.05) is 13.0 Å². The predicted octanol–water partition coefficient (Wildman–Crippen LogP) is 3.65. The van der Waals surface area contributed by atoms with Crippen LogP contribution in [0.4, 0.5) is 10.2 Å². The molecule has 1 aliphatic rings. The van der Waals surface area contributed by atoms with Crippen LogP contribution in [-0.4, -0.2) is 35.9 Å². The minimum Gasteiger partial charge on any atom is -0.308 e. The van der Waals surface area contributed by atoms with Crippen molar-refractivity contribution in [3.05, 3.63) is 72.3 Å². The number of carbonyl (C=O) groups is 1. The molecule has 4 heterocycles. The van der Waals surface area contributed by atoms with E-state index in [9.17, 15) is 9.18 Å². The Hall–Kier alpha value is -4.01. The molecule has 9 heteroatoms. The zero-order valence-electron chi connectivity index (χ0n) is 17.4. The molecule has 1 aromatic carbocycles. The van der Waals surface area contributed by atoms with Crippen LogP contribution in [0.15, 0.2) is 55.3 Å². The molecular weight excluding hydrogens is 409 g/mol. The number of aromatic nitrogens is 6. The van der Waals surface area contributed by atoms with E-state index in [1.54, 1.807) is 41.2 Å². The van der Waals surface area contributed by atoms with Crippen molar-refractivity contribution in [2.24, 2.45) is 0 Å². The third kappa shape index (κ3) is 3.13. The second-order valence-corrected chi connectivity index (χ2v) is 7.92. The minimum atomic E-state index is -0.810. The molecule has 4 aromatic rings. The van der Waals surface area contributed by atoms with Gasteiger partial charge in [0.2, 0.25) is 11.7 Å². The molecule has 5 rings (SSSR count). The van der Waals surface area contributed by atoms with Crippen LogP contribution < -0.4 is 5.32 Å². The summed E-state index contributed by atoms with van der Waals surface area (Å²) in [4.78, 5) is 21.6. The molecule has 1 unspecified atom stereocenters. The molecule has 0 spiro atoms. The fourth-order valence-electron chi connectivity index (χ4n) is 3.93. The number of halogens is 1. The van der Waals surface area contributed by atoms with Gasteiger partial charge in [0.05, 0.1) is 17.3 Å². The van der Waals surface area contributed by atoms with Gasteiger partial charge >= 0.3 is 0 Å². The Morgan fingerprint density at radius 3 is 2.88 bits per heavy atom. The predicted molar refractivity (Wildman–Crippen MR) is 117 cm³/mol. The molecule has 8 nitrogen and oxygen atoms in total. The van der Waals surface area contributed by atoms with Crippen molar-refractivity contribution in [3.8, 4) is 11.5 Å². The van der Waals surface area contributed by atoms with E-state index < -0.39 is 5.41 Å².